The summed E-state index contributed by atoms with van der Waals surface area (Å²) in [5.74, 6) is -0.492. The summed E-state index contributed by atoms with van der Waals surface area (Å²) < 4.78 is 0. The van der Waals surface area contributed by atoms with Crippen molar-refractivity contribution < 1.29 is 4.79 Å². The van der Waals surface area contributed by atoms with Crippen LogP contribution in [0.25, 0.3) is 28.2 Å². The second kappa shape index (κ2) is 5.85. The monoisotopic (exact) mass is 318 g/mol. The molecular formula is C17H14N6O. The number of nitrogen functional groups attached to an aromatic ring is 1. The number of nitrogens with one attached hydrogen (secondary N) is 1. The molecule has 1 aromatic carbocycles. The van der Waals surface area contributed by atoms with Crippen molar-refractivity contribution >= 4 is 28.8 Å². The van der Waals surface area contributed by atoms with Crippen LogP contribution in [0, 0.1) is 18.3 Å². The van der Waals surface area contributed by atoms with Gasteiger partial charge in [-0.25, -0.2) is 9.97 Å². The van der Waals surface area contributed by atoms with E-state index in [0.29, 0.717) is 22.5 Å². The molecule has 0 saturated heterocycles. The van der Waals surface area contributed by atoms with Crippen LogP contribution in [0.15, 0.2) is 36.2 Å². The molecule has 2 heterocycles. The number of aryl methyl sites for hydroxylation is 1. The Morgan fingerprint density at radius 3 is 2.62 bits per heavy atom. The van der Waals surface area contributed by atoms with Crippen LogP contribution in [-0.4, -0.2) is 20.9 Å². The lowest BCUT2D eigenvalue weighted by atomic mass is 10.0. The summed E-state index contributed by atoms with van der Waals surface area (Å²) >= 11 is 0. The first kappa shape index (κ1) is 15.2. The number of carbonyl (C=O) groups is 1. The lowest BCUT2D eigenvalue weighted by Gasteiger charge is -2.04. The second-order valence-corrected chi connectivity index (χ2v) is 5.30. The molecule has 118 valence electrons. The number of amides is 1. The number of nitrogens with two attached hydrogens (primary N) is 2. The highest BCUT2D eigenvalue weighted by Crippen LogP contribution is 2.35. The Hall–Kier alpha value is -3.66. The van der Waals surface area contributed by atoms with Crippen molar-refractivity contribution in [1.29, 1.82) is 5.26 Å². The molecule has 0 unspecified atom stereocenters. The van der Waals surface area contributed by atoms with Crippen LogP contribution < -0.4 is 11.5 Å². The summed E-state index contributed by atoms with van der Waals surface area (Å²) in [6, 6.07) is 9.57. The molecule has 0 radical (unpaired) electrons. The van der Waals surface area contributed by atoms with Gasteiger partial charge in [-0.1, -0.05) is 29.8 Å². The number of hydrogen-bond donors (Lipinski definition) is 3. The van der Waals surface area contributed by atoms with Crippen molar-refractivity contribution in [2.24, 2.45) is 5.73 Å². The van der Waals surface area contributed by atoms with Gasteiger partial charge in [0.2, 0.25) is 0 Å². The zero-order valence-electron chi connectivity index (χ0n) is 12.9. The number of aromatic amines is 1. The highest BCUT2D eigenvalue weighted by atomic mass is 16.1. The molecular weight excluding hydrogens is 304 g/mol. The molecule has 7 heteroatoms. The fourth-order valence-corrected chi connectivity index (χ4v) is 2.50. The Balaban J connectivity index is 2.36. The van der Waals surface area contributed by atoms with Gasteiger partial charge in [0.1, 0.15) is 29.4 Å². The average molecular weight is 318 g/mol. The molecule has 0 aliphatic carbocycles. The minimum absolute atomic E-state index is 0.165. The molecule has 0 aliphatic rings. The number of nitrogens with zero attached hydrogens (tertiary/aromatic N) is 3. The van der Waals surface area contributed by atoms with Crippen molar-refractivity contribution in [3.8, 4) is 17.2 Å². The molecule has 1 amide bonds. The van der Waals surface area contributed by atoms with E-state index in [-0.39, 0.29) is 5.57 Å². The van der Waals surface area contributed by atoms with Gasteiger partial charge in [-0.3, -0.25) is 4.79 Å². The number of anilines is 1. The van der Waals surface area contributed by atoms with E-state index >= 15 is 0 Å². The van der Waals surface area contributed by atoms with Gasteiger partial charge < -0.3 is 16.5 Å². The van der Waals surface area contributed by atoms with Crippen LogP contribution in [0.5, 0.6) is 0 Å². The molecule has 0 fully saturated rings. The van der Waals surface area contributed by atoms with Crippen LogP contribution in [0.2, 0.25) is 0 Å². The number of aromatic nitrogens is 3. The maximum absolute atomic E-state index is 11.4. The molecule has 0 atom stereocenters. The fraction of sp³-hybridized carbons (Fsp3) is 0.0588. The van der Waals surface area contributed by atoms with E-state index < -0.39 is 5.91 Å². The Morgan fingerprint density at radius 2 is 2.00 bits per heavy atom. The summed E-state index contributed by atoms with van der Waals surface area (Å²) in [6.07, 6.45) is 2.75. The van der Waals surface area contributed by atoms with Crippen molar-refractivity contribution in [3.63, 3.8) is 0 Å². The summed E-state index contributed by atoms with van der Waals surface area (Å²) in [4.78, 5) is 22.6. The summed E-state index contributed by atoms with van der Waals surface area (Å²) in [5, 5.41) is 9.73. The number of primary amides is 1. The second-order valence-electron chi connectivity index (χ2n) is 5.30. The number of carbonyl (C=O) groups excluding carboxylic acids is 1. The lowest BCUT2D eigenvalue weighted by molar-refractivity contribution is -0.114. The highest BCUT2D eigenvalue weighted by Gasteiger charge is 2.17. The Bertz CT molecular complexity index is 1010. The fourth-order valence-electron chi connectivity index (χ4n) is 2.50. The number of hydrogen-bond acceptors (Lipinski definition) is 5. The van der Waals surface area contributed by atoms with Crippen molar-refractivity contribution in [2.75, 3.05) is 5.73 Å². The first-order valence-corrected chi connectivity index (χ1v) is 7.12. The van der Waals surface area contributed by atoms with E-state index in [1.807, 2.05) is 31.2 Å². The first-order valence-electron chi connectivity index (χ1n) is 7.12. The van der Waals surface area contributed by atoms with Crippen LogP contribution in [-0.2, 0) is 4.79 Å². The van der Waals surface area contributed by atoms with E-state index in [1.165, 1.54) is 12.4 Å². The van der Waals surface area contributed by atoms with E-state index in [4.69, 9.17) is 16.7 Å². The standard InChI is InChI=1S/C17H14N6O/c1-9-2-4-10(5-3-9)13-12(6-11(7-18)16(20)24)23-17-14(13)15(19)21-8-22-17/h2-6,8H,1H3,(H2,20,24)(H3,19,21,22,23)/b11-6+. The van der Waals surface area contributed by atoms with Gasteiger partial charge in [-0.2, -0.15) is 5.26 Å². The van der Waals surface area contributed by atoms with Crippen molar-refractivity contribution in [2.45, 2.75) is 6.92 Å². The average Bonchev–Trinajstić information content (AvgIpc) is 2.92. The summed E-state index contributed by atoms with van der Waals surface area (Å²) in [5.41, 5.74) is 14.8. The Labute approximate surface area is 137 Å². The van der Waals surface area contributed by atoms with Crippen molar-refractivity contribution in [3.05, 3.63) is 47.4 Å². The Morgan fingerprint density at radius 1 is 1.29 bits per heavy atom. The predicted octanol–water partition coefficient (Wildman–Crippen LogP) is 1.91. The number of rotatable bonds is 3. The Kier molecular flexibility index (Phi) is 3.72. The van der Waals surface area contributed by atoms with Gasteiger partial charge in [0.15, 0.2) is 0 Å². The first-order chi connectivity index (χ1) is 11.5. The van der Waals surface area contributed by atoms with E-state index in [0.717, 1.165) is 16.7 Å². The number of H-pyrrole nitrogens is 1. The van der Waals surface area contributed by atoms with Gasteiger partial charge in [0, 0.05) is 11.3 Å². The smallest absolute Gasteiger partial charge is 0.259 e. The SMILES string of the molecule is Cc1ccc(-c2c(/C=C(\C#N)C(N)=O)[nH]c3ncnc(N)c23)cc1. The zero-order chi connectivity index (χ0) is 17.3. The van der Waals surface area contributed by atoms with E-state index in [9.17, 15) is 4.79 Å². The topological polar surface area (TPSA) is 134 Å². The van der Waals surface area contributed by atoms with Gasteiger partial charge in [-0.15, -0.1) is 0 Å². The largest absolute Gasteiger partial charge is 0.383 e. The van der Waals surface area contributed by atoms with Crippen LogP contribution in [0.4, 0.5) is 5.82 Å². The highest BCUT2D eigenvalue weighted by molar-refractivity contribution is 6.07. The van der Waals surface area contributed by atoms with Gasteiger partial charge in [0.25, 0.3) is 5.91 Å². The quantitative estimate of drug-likeness (QED) is 0.501. The van der Waals surface area contributed by atoms with Crippen LogP contribution >= 0.6 is 0 Å². The molecule has 0 aliphatic heterocycles. The lowest BCUT2D eigenvalue weighted by Crippen LogP contribution is -2.12. The maximum atomic E-state index is 11.4. The number of benzene rings is 1. The maximum Gasteiger partial charge on any atom is 0.259 e. The molecule has 2 aromatic heterocycles. The summed E-state index contributed by atoms with van der Waals surface area (Å²) in [7, 11) is 0. The molecule has 5 N–H and O–H groups in total. The molecule has 7 nitrogen and oxygen atoms in total. The normalized spacial score (nSPS) is 11.4. The van der Waals surface area contributed by atoms with Gasteiger partial charge in [0.05, 0.1) is 5.39 Å². The van der Waals surface area contributed by atoms with E-state index in [1.54, 1.807) is 6.07 Å². The third kappa shape index (κ3) is 2.57. The third-order valence-corrected chi connectivity index (χ3v) is 3.66. The summed E-state index contributed by atoms with van der Waals surface area (Å²) in [6.45, 7) is 1.98. The molecule has 24 heavy (non-hydrogen) atoms. The molecule has 3 rings (SSSR count). The van der Waals surface area contributed by atoms with Crippen LogP contribution in [0.1, 0.15) is 11.3 Å². The molecule has 0 spiro atoms. The van der Waals surface area contributed by atoms with Crippen LogP contribution in [0.3, 0.4) is 0 Å². The van der Waals surface area contributed by atoms with E-state index in [2.05, 4.69) is 15.0 Å². The minimum Gasteiger partial charge on any atom is -0.383 e. The molecule has 3 aromatic rings. The third-order valence-electron chi connectivity index (χ3n) is 3.66. The molecule has 0 saturated carbocycles. The van der Waals surface area contributed by atoms with Crippen molar-refractivity contribution in [1.82, 2.24) is 15.0 Å². The number of fused-ring (bicyclic) bond motifs is 1. The number of nitriles is 1. The molecule has 0 bridgehead atoms. The predicted molar refractivity (Wildman–Crippen MR) is 91.3 cm³/mol. The van der Waals surface area contributed by atoms with Gasteiger partial charge in [-0.05, 0) is 18.6 Å². The minimum atomic E-state index is -0.801. The van der Waals surface area contributed by atoms with Gasteiger partial charge >= 0.3 is 0 Å². The zero-order valence-corrected chi connectivity index (χ0v) is 12.9.